The number of benzene rings is 1. The van der Waals surface area contributed by atoms with Crippen LogP contribution in [0.4, 0.5) is 5.95 Å². The van der Waals surface area contributed by atoms with Gasteiger partial charge in [-0.15, -0.1) is 0 Å². The van der Waals surface area contributed by atoms with Gasteiger partial charge in [-0.3, -0.25) is 15.4 Å². The van der Waals surface area contributed by atoms with Crippen molar-refractivity contribution in [1.29, 1.82) is 0 Å². The Balaban J connectivity index is 1.80. The van der Waals surface area contributed by atoms with E-state index in [1.807, 2.05) is 32.0 Å². The topological polar surface area (TPSA) is 94.0 Å². The Morgan fingerprint density at radius 2 is 2.26 bits per heavy atom. The molecule has 0 saturated carbocycles. The number of aromatic nitrogens is 4. The number of aryl methyl sites for hydroxylation is 2. The number of anilines is 1. The molecule has 2 aromatic rings. The molecule has 1 aromatic carbocycles. The lowest BCUT2D eigenvalue weighted by Crippen LogP contribution is -2.37. The third kappa shape index (κ3) is 5.29. The largest absolute Gasteiger partial charge is 0.484 e. The first-order valence-electron chi connectivity index (χ1n) is 7.15. The highest BCUT2D eigenvalue weighted by atomic mass is 32.1. The number of carbonyl (C=O) groups is 1. The molecule has 1 aromatic heterocycles. The third-order valence-corrected chi connectivity index (χ3v) is 3.01. The zero-order valence-corrected chi connectivity index (χ0v) is 13.8. The van der Waals surface area contributed by atoms with Crippen LogP contribution in [0.25, 0.3) is 0 Å². The minimum absolute atomic E-state index is 0.120. The van der Waals surface area contributed by atoms with Crippen molar-refractivity contribution < 1.29 is 9.53 Å². The second kappa shape index (κ2) is 8.18. The van der Waals surface area contributed by atoms with Crippen molar-refractivity contribution in [3.05, 3.63) is 29.8 Å². The molecule has 2 N–H and O–H groups in total. The zero-order valence-electron chi connectivity index (χ0n) is 12.9. The van der Waals surface area contributed by atoms with E-state index in [0.29, 0.717) is 18.2 Å². The van der Waals surface area contributed by atoms with Gasteiger partial charge >= 0.3 is 0 Å². The van der Waals surface area contributed by atoms with Crippen molar-refractivity contribution in [3.8, 4) is 5.75 Å². The molecule has 0 atom stereocenters. The average molecular weight is 334 g/mol. The van der Waals surface area contributed by atoms with E-state index < -0.39 is 0 Å². The fourth-order valence-electron chi connectivity index (χ4n) is 1.81. The molecule has 0 unspecified atom stereocenters. The normalized spacial score (nSPS) is 10.2. The SMILES string of the molecule is CCCn1nnnc1NC(=S)NC(=O)COc1cccc(C)c1. The number of ether oxygens (including phenoxy) is 1. The maximum absolute atomic E-state index is 11.8. The van der Waals surface area contributed by atoms with Gasteiger partial charge in [0.2, 0.25) is 5.95 Å². The van der Waals surface area contributed by atoms with Gasteiger partial charge in [0.1, 0.15) is 5.75 Å². The molecule has 0 spiro atoms. The third-order valence-electron chi connectivity index (χ3n) is 2.81. The molecular formula is C14H18N6O2S. The Hall–Kier alpha value is -2.55. The number of hydrogen-bond donors (Lipinski definition) is 2. The van der Waals surface area contributed by atoms with Crippen molar-refractivity contribution in [3.63, 3.8) is 0 Å². The summed E-state index contributed by atoms with van der Waals surface area (Å²) < 4.78 is 6.97. The van der Waals surface area contributed by atoms with E-state index in [-0.39, 0.29) is 17.6 Å². The predicted octanol–water partition coefficient (Wildman–Crippen LogP) is 1.28. The molecular weight excluding hydrogens is 316 g/mol. The van der Waals surface area contributed by atoms with E-state index >= 15 is 0 Å². The van der Waals surface area contributed by atoms with Crippen molar-refractivity contribution in [2.24, 2.45) is 0 Å². The molecule has 1 heterocycles. The first kappa shape index (κ1) is 16.8. The Morgan fingerprint density at radius 3 is 3.00 bits per heavy atom. The van der Waals surface area contributed by atoms with Crippen LogP contribution in [-0.2, 0) is 11.3 Å². The van der Waals surface area contributed by atoms with Crippen LogP contribution in [0.1, 0.15) is 18.9 Å². The number of amides is 1. The fourth-order valence-corrected chi connectivity index (χ4v) is 2.01. The molecule has 0 radical (unpaired) electrons. The van der Waals surface area contributed by atoms with Gasteiger partial charge in [0.25, 0.3) is 5.91 Å². The minimum atomic E-state index is -0.362. The van der Waals surface area contributed by atoms with E-state index in [4.69, 9.17) is 17.0 Å². The maximum atomic E-state index is 11.8. The number of rotatable bonds is 6. The van der Waals surface area contributed by atoms with Gasteiger partial charge in [0, 0.05) is 6.54 Å². The molecule has 9 heteroatoms. The number of thiocarbonyl (C=S) groups is 1. The molecule has 8 nitrogen and oxygen atoms in total. The fraction of sp³-hybridized carbons (Fsp3) is 0.357. The summed E-state index contributed by atoms with van der Waals surface area (Å²) >= 11 is 5.07. The Morgan fingerprint density at radius 1 is 1.43 bits per heavy atom. The number of nitrogens with zero attached hydrogens (tertiary/aromatic N) is 4. The summed E-state index contributed by atoms with van der Waals surface area (Å²) in [4.78, 5) is 11.8. The molecule has 0 fully saturated rings. The van der Waals surface area contributed by atoms with Crippen LogP contribution in [0.15, 0.2) is 24.3 Å². The smallest absolute Gasteiger partial charge is 0.264 e. The molecule has 23 heavy (non-hydrogen) atoms. The summed E-state index contributed by atoms with van der Waals surface area (Å²) in [6, 6.07) is 7.45. The van der Waals surface area contributed by atoms with Crippen LogP contribution >= 0.6 is 12.2 Å². The molecule has 2 rings (SSSR count). The first-order chi connectivity index (χ1) is 11.1. The van der Waals surface area contributed by atoms with Gasteiger partial charge in [-0.25, -0.2) is 4.68 Å². The summed E-state index contributed by atoms with van der Waals surface area (Å²) in [5.41, 5.74) is 1.06. The van der Waals surface area contributed by atoms with Crippen LogP contribution < -0.4 is 15.4 Å². The van der Waals surface area contributed by atoms with Gasteiger partial charge in [-0.2, -0.15) is 0 Å². The molecule has 0 aliphatic rings. The standard InChI is InChI=1S/C14H18N6O2S/c1-3-7-20-13(17-18-19-20)16-14(23)15-12(21)9-22-11-6-4-5-10(2)8-11/h4-6,8H,3,7,9H2,1-2H3,(H2,15,16,17,19,21,23). The summed E-state index contributed by atoms with van der Waals surface area (Å²) in [7, 11) is 0. The van der Waals surface area contributed by atoms with Gasteiger partial charge in [0.15, 0.2) is 11.7 Å². The monoisotopic (exact) mass is 334 g/mol. The lowest BCUT2D eigenvalue weighted by Gasteiger charge is -2.10. The van der Waals surface area contributed by atoms with E-state index in [9.17, 15) is 4.79 Å². The Kier molecular flexibility index (Phi) is 5.98. The molecule has 0 aliphatic heterocycles. The lowest BCUT2D eigenvalue weighted by molar-refractivity contribution is -0.121. The first-order valence-corrected chi connectivity index (χ1v) is 7.55. The Labute approximate surface area is 139 Å². The van der Waals surface area contributed by atoms with Crippen LogP contribution in [0.5, 0.6) is 5.75 Å². The van der Waals surface area contributed by atoms with E-state index in [0.717, 1.165) is 12.0 Å². The molecule has 122 valence electrons. The lowest BCUT2D eigenvalue weighted by atomic mass is 10.2. The van der Waals surface area contributed by atoms with Crippen LogP contribution in [-0.4, -0.2) is 37.8 Å². The quantitative estimate of drug-likeness (QED) is 0.769. The van der Waals surface area contributed by atoms with Crippen LogP contribution in [0.2, 0.25) is 0 Å². The molecule has 1 amide bonds. The van der Waals surface area contributed by atoms with Gasteiger partial charge in [0.05, 0.1) is 0 Å². The highest BCUT2D eigenvalue weighted by Crippen LogP contribution is 2.11. The van der Waals surface area contributed by atoms with Gasteiger partial charge in [-0.05, 0) is 53.7 Å². The van der Waals surface area contributed by atoms with Crippen molar-refractivity contribution in [1.82, 2.24) is 25.5 Å². The highest BCUT2D eigenvalue weighted by Gasteiger charge is 2.10. The average Bonchev–Trinajstić information content (AvgIpc) is 2.93. The number of nitrogens with one attached hydrogen (secondary N) is 2. The van der Waals surface area contributed by atoms with Crippen molar-refractivity contribution in [2.45, 2.75) is 26.8 Å². The Bertz CT molecular complexity index is 687. The van der Waals surface area contributed by atoms with Gasteiger partial charge in [-0.1, -0.05) is 24.2 Å². The number of tetrazole rings is 1. The number of carbonyl (C=O) groups excluding carboxylic acids is 1. The summed E-state index contributed by atoms with van der Waals surface area (Å²) in [5, 5.41) is 16.6. The van der Waals surface area contributed by atoms with E-state index in [1.165, 1.54) is 0 Å². The molecule has 0 aliphatic carbocycles. The summed E-state index contributed by atoms with van der Waals surface area (Å²) in [5.74, 6) is 0.654. The van der Waals surface area contributed by atoms with E-state index in [2.05, 4.69) is 26.2 Å². The van der Waals surface area contributed by atoms with Crippen molar-refractivity contribution in [2.75, 3.05) is 11.9 Å². The predicted molar refractivity (Wildman–Crippen MR) is 89.1 cm³/mol. The highest BCUT2D eigenvalue weighted by molar-refractivity contribution is 7.80. The molecule has 0 bridgehead atoms. The van der Waals surface area contributed by atoms with Crippen LogP contribution in [0.3, 0.4) is 0 Å². The maximum Gasteiger partial charge on any atom is 0.264 e. The van der Waals surface area contributed by atoms with Gasteiger partial charge < -0.3 is 4.74 Å². The number of hydrogen-bond acceptors (Lipinski definition) is 6. The molecule has 0 saturated heterocycles. The van der Waals surface area contributed by atoms with Crippen molar-refractivity contribution >= 4 is 29.2 Å². The minimum Gasteiger partial charge on any atom is -0.484 e. The summed E-state index contributed by atoms with van der Waals surface area (Å²) in [6.45, 7) is 4.48. The second-order valence-electron chi connectivity index (χ2n) is 4.83. The second-order valence-corrected chi connectivity index (χ2v) is 5.24. The zero-order chi connectivity index (χ0) is 16.7. The van der Waals surface area contributed by atoms with E-state index in [1.54, 1.807) is 10.7 Å². The van der Waals surface area contributed by atoms with Crippen LogP contribution in [0, 0.1) is 6.92 Å². The summed E-state index contributed by atoms with van der Waals surface area (Å²) in [6.07, 6.45) is 0.878.